The molecule has 2 unspecified atom stereocenters. The SMILES string of the molecule is CC1CCCC(CNS(=O)(=O)c2ccc(F)c(N)c2)C1. The zero-order valence-corrected chi connectivity index (χ0v) is 12.4. The molecule has 0 aromatic heterocycles. The highest BCUT2D eigenvalue weighted by atomic mass is 32.2. The zero-order valence-electron chi connectivity index (χ0n) is 11.6. The van der Waals surface area contributed by atoms with Gasteiger partial charge in [0.25, 0.3) is 0 Å². The third-order valence-electron chi connectivity index (χ3n) is 3.88. The molecule has 4 nitrogen and oxygen atoms in total. The first-order valence-corrected chi connectivity index (χ1v) is 8.41. The fraction of sp³-hybridized carbons (Fsp3) is 0.571. The summed E-state index contributed by atoms with van der Waals surface area (Å²) in [6.07, 6.45) is 4.47. The Bertz CT molecular complexity index is 575. The van der Waals surface area contributed by atoms with E-state index < -0.39 is 15.8 Å². The van der Waals surface area contributed by atoms with E-state index in [4.69, 9.17) is 5.73 Å². The third kappa shape index (κ3) is 3.70. The second-order valence-electron chi connectivity index (χ2n) is 5.67. The van der Waals surface area contributed by atoms with Gasteiger partial charge in [0, 0.05) is 6.54 Å². The number of nitrogens with two attached hydrogens (primary N) is 1. The Labute approximate surface area is 119 Å². The van der Waals surface area contributed by atoms with Crippen molar-refractivity contribution in [1.82, 2.24) is 4.72 Å². The van der Waals surface area contributed by atoms with Crippen LogP contribution in [0.5, 0.6) is 0 Å². The van der Waals surface area contributed by atoms with Crippen molar-refractivity contribution >= 4 is 15.7 Å². The van der Waals surface area contributed by atoms with Crippen LogP contribution in [0.4, 0.5) is 10.1 Å². The van der Waals surface area contributed by atoms with Crippen LogP contribution < -0.4 is 10.5 Å². The molecule has 1 fully saturated rings. The van der Waals surface area contributed by atoms with E-state index >= 15 is 0 Å². The summed E-state index contributed by atoms with van der Waals surface area (Å²) in [7, 11) is -3.61. The van der Waals surface area contributed by atoms with E-state index in [-0.39, 0.29) is 10.6 Å². The number of benzene rings is 1. The van der Waals surface area contributed by atoms with E-state index in [1.165, 1.54) is 12.5 Å². The van der Waals surface area contributed by atoms with Crippen molar-refractivity contribution in [3.8, 4) is 0 Å². The van der Waals surface area contributed by atoms with Crippen molar-refractivity contribution in [2.24, 2.45) is 11.8 Å². The molecule has 0 amide bonds. The van der Waals surface area contributed by atoms with Crippen molar-refractivity contribution in [1.29, 1.82) is 0 Å². The highest BCUT2D eigenvalue weighted by Crippen LogP contribution is 2.28. The summed E-state index contributed by atoms with van der Waals surface area (Å²) in [5.41, 5.74) is 5.25. The van der Waals surface area contributed by atoms with Crippen LogP contribution in [-0.2, 0) is 10.0 Å². The maximum absolute atomic E-state index is 13.1. The molecule has 1 aliphatic carbocycles. The molecular weight excluding hydrogens is 279 g/mol. The Morgan fingerprint density at radius 3 is 2.80 bits per heavy atom. The number of nitrogen functional groups attached to an aromatic ring is 1. The second kappa shape index (κ2) is 6.10. The molecule has 112 valence electrons. The number of halogens is 1. The lowest BCUT2D eigenvalue weighted by atomic mass is 9.83. The van der Waals surface area contributed by atoms with E-state index in [0.717, 1.165) is 31.4 Å². The lowest BCUT2D eigenvalue weighted by molar-refractivity contribution is 0.283. The molecule has 1 aromatic rings. The molecule has 0 heterocycles. The minimum Gasteiger partial charge on any atom is -0.396 e. The number of hydrogen-bond acceptors (Lipinski definition) is 3. The van der Waals surface area contributed by atoms with Crippen molar-refractivity contribution in [2.75, 3.05) is 12.3 Å². The zero-order chi connectivity index (χ0) is 14.8. The summed E-state index contributed by atoms with van der Waals surface area (Å²) in [5.74, 6) is 0.427. The molecule has 2 atom stereocenters. The Morgan fingerprint density at radius 2 is 2.15 bits per heavy atom. The molecule has 0 saturated heterocycles. The standard InChI is InChI=1S/C14H21FN2O2S/c1-10-3-2-4-11(7-10)9-17-20(18,19)12-5-6-13(15)14(16)8-12/h5-6,8,10-11,17H,2-4,7,9,16H2,1H3. The van der Waals surface area contributed by atoms with Crippen LogP contribution in [0.1, 0.15) is 32.6 Å². The molecular formula is C14H21FN2O2S. The van der Waals surface area contributed by atoms with Gasteiger partial charge in [-0.25, -0.2) is 17.5 Å². The van der Waals surface area contributed by atoms with Gasteiger partial charge in [0.2, 0.25) is 10.0 Å². The number of nitrogens with one attached hydrogen (secondary N) is 1. The largest absolute Gasteiger partial charge is 0.396 e. The molecule has 3 N–H and O–H groups in total. The fourth-order valence-electron chi connectivity index (χ4n) is 2.75. The highest BCUT2D eigenvalue weighted by Gasteiger charge is 2.22. The van der Waals surface area contributed by atoms with Gasteiger partial charge in [-0.2, -0.15) is 0 Å². The monoisotopic (exact) mass is 300 g/mol. The minimum atomic E-state index is -3.61. The summed E-state index contributed by atoms with van der Waals surface area (Å²) in [6, 6.07) is 3.46. The summed E-state index contributed by atoms with van der Waals surface area (Å²) in [4.78, 5) is 0.0141. The minimum absolute atomic E-state index is 0.0141. The van der Waals surface area contributed by atoms with E-state index in [1.807, 2.05) is 0 Å². The van der Waals surface area contributed by atoms with Gasteiger partial charge in [-0.15, -0.1) is 0 Å². The normalized spacial score (nSPS) is 23.7. The van der Waals surface area contributed by atoms with Gasteiger partial charge in [-0.1, -0.05) is 19.8 Å². The first-order chi connectivity index (χ1) is 9.38. The third-order valence-corrected chi connectivity index (χ3v) is 5.31. The van der Waals surface area contributed by atoms with Gasteiger partial charge in [-0.3, -0.25) is 0 Å². The van der Waals surface area contributed by atoms with Crippen molar-refractivity contribution in [3.63, 3.8) is 0 Å². The summed E-state index contributed by atoms with van der Waals surface area (Å²) in [6.45, 7) is 2.63. The predicted molar refractivity (Wildman–Crippen MR) is 77.1 cm³/mol. The average molecular weight is 300 g/mol. The maximum Gasteiger partial charge on any atom is 0.240 e. The Kier molecular flexibility index (Phi) is 4.65. The van der Waals surface area contributed by atoms with Crippen LogP contribution in [0.15, 0.2) is 23.1 Å². The van der Waals surface area contributed by atoms with Crippen molar-refractivity contribution in [2.45, 2.75) is 37.5 Å². The maximum atomic E-state index is 13.1. The van der Waals surface area contributed by atoms with Gasteiger partial charge in [0.1, 0.15) is 5.82 Å². The first kappa shape index (κ1) is 15.3. The van der Waals surface area contributed by atoms with E-state index in [9.17, 15) is 12.8 Å². The lowest BCUT2D eigenvalue weighted by Crippen LogP contribution is -2.31. The highest BCUT2D eigenvalue weighted by molar-refractivity contribution is 7.89. The van der Waals surface area contributed by atoms with E-state index in [2.05, 4.69) is 11.6 Å². The Balaban J connectivity index is 2.01. The molecule has 1 aliphatic rings. The van der Waals surface area contributed by atoms with Crippen LogP contribution in [0.3, 0.4) is 0 Å². The van der Waals surface area contributed by atoms with Crippen molar-refractivity contribution in [3.05, 3.63) is 24.0 Å². The van der Waals surface area contributed by atoms with Crippen LogP contribution in [0.25, 0.3) is 0 Å². The van der Waals surface area contributed by atoms with E-state index in [1.54, 1.807) is 0 Å². The molecule has 6 heteroatoms. The second-order valence-corrected chi connectivity index (χ2v) is 7.44. The molecule has 0 aliphatic heterocycles. The summed E-state index contributed by atoms with van der Waals surface area (Å²) < 4.78 is 39.9. The van der Waals surface area contributed by atoms with Crippen LogP contribution in [0.2, 0.25) is 0 Å². The van der Waals surface area contributed by atoms with Crippen LogP contribution in [0, 0.1) is 17.7 Å². The first-order valence-electron chi connectivity index (χ1n) is 6.93. The van der Waals surface area contributed by atoms with Gasteiger partial charge in [0.05, 0.1) is 10.6 Å². The number of anilines is 1. The number of sulfonamides is 1. The van der Waals surface area contributed by atoms with Crippen molar-refractivity contribution < 1.29 is 12.8 Å². The van der Waals surface area contributed by atoms with Gasteiger partial charge < -0.3 is 5.73 Å². The van der Waals surface area contributed by atoms with E-state index in [0.29, 0.717) is 18.4 Å². The molecule has 1 aromatic carbocycles. The molecule has 2 rings (SSSR count). The molecule has 0 spiro atoms. The van der Waals surface area contributed by atoms with Gasteiger partial charge in [-0.05, 0) is 42.9 Å². The smallest absolute Gasteiger partial charge is 0.240 e. The summed E-state index contributed by atoms with van der Waals surface area (Å²) in [5, 5.41) is 0. The molecule has 1 saturated carbocycles. The Hall–Kier alpha value is -1.14. The average Bonchev–Trinajstić information content (AvgIpc) is 2.40. The topological polar surface area (TPSA) is 72.2 Å². The molecule has 0 bridgehead atoms. The van der Waals surface area contributed by atoms with Gasteiger partial charge in [0.15, 0.2) is 0 Å². The fourth-order valence-corrected chi connectivity index (χ4v) is 3.90. The van der Waals surface area contributed by atoms with Crippen LogP contribution in [-0.4, -0.2) is 15.0 Å². The Morgan fingerprint density at radius 1 is 1.40 bits per heavy atom. The number of hydrogen-bond donors (Lipinski definition) is 2. The predicted octanol–water partition coefficient (Wildman–Crippen LogP) is 2.51. The molecule has 0 radical (unpaired) electrons. The summed E-state index contributed by atoms with van der Waals surface area (Å²) >= 11 is 0. The van der Waals surface area contributed by atoms with Gasteiger partial charge >= 0.3 is 0 Å². The molecule has 20 heavy (non-hydrogen) atoms. The number of rotatable bonds is 4. The van der Waals surface area contributed by atoms with Crippen LogP contribution >= 0.6 is 0 Å². The lowest BCUT2D eigenvalue weighted by Gasteiger charge is -2.26. The quantitative estimate of drug-likeness (QED) is 0.839.